The maximum Gasteiger partial charge on any atom is 0.319 e. The van der Waals surface area contributed by atoms with Gasteiger partial charge in [0.05, 0.1) is 12.6 Å². The van der Waals surface area contributed by atoms with Crippen LogP contribution in [0, 0.1) is 5.92 Å². The van der Waals surface area contributed by atoms with Gasteiger partial charge in [-0.05, 0) is 36.6 Å². The van der Waals surface area contributed by atoms with Gasteiger partial charge in [-0.25, -0.2) is 4.79 Å². The zero-order chi connectivity index (χ0) is 16.1. The van der Waals surface area contributed by atoms with Gasteiger partial charge in [0.2, 0.25) is 0 Å². The Bertz CT molecular complexity index is 630. The van der Waals surface area contributed by atoms with Crippen LogP contribution in [0.15, 0.2) is 30.5 Å². The van der Waals surface area contributed by atoms with Crippen LogP contribution in [0.5, 0.6) is 0 Å². The SMILES string of the molecule is CCC(CO)NC(=O)Nc1ccc2c(ccn2CC(C)C)c1. The number of urea groups is 1. The largest absolute Gasteiger partial charge is 0.394 e. The van der Waals surface area contributed by atoms with E-state index in [1.165, 1.54) is 5.52 Å². The van der Waals surface area contributed by atoms with Gasteiger partial charge in [-0.3, -0.25) is 0 Å². The highest BCUT2D eigenvalue weighted by atomic mass is 16.3. The van der Waals surface area contributed by atoms with Gasteiger partial charge in [0.1, 0.15) is 0 Å². The molecule has 0 aliphatic carbocycles. The molecule has 2 amide bonds. The van der Waals surface area contributed by atoms with E-state index in [4.69, 9.17) is 5.11 Å². The van der Waals surface area contributed by atoms with E-state index in [1.807, 2.05) is 25.1 Å². The average Bonchev–Trinajstić information content (AvgIpc) is 2.86. The van der Waals surface area contributed by atoms with Crippen molar-refractivity contribution in [3.05, 3.63) is 30.5 Å². The first-order valence-corrected chi connectivity index (χ1v) is 7.80. The van der Waals surface area contributed by atoms with Gasteiger partial charge < -0.3 is 20.3 Å². The first-order valence-electron chi connectivity index (χ1n) is 7.80. The molecule has 1 unspecified atom stereocenters. The Balaban J connectivity index is 2.08. The van der Waals surface area contributed by atoms with E-state index in [1.54, 1.807) is 0 Å². The Morgan fingerprint density at radius 3 is 2.73 bits per heavy atom. The number of aliphatic hydroxyl groups excluding tert-OH is 1. The second kappa shape index (κ2) is 7.31. The Morgan fingerprint density at radius 2 is 2.09 bits per heavy atom. The summed E-state index contributed by atoms with van der Waals surface area (Å²) < 4.78 is 2.22. The topological polar surface area (TPSA) is 66.3 Å². The molecule has 0 radical (unpaired) electrons. The number of benzene rings is 1. The summed E-state index contributed by atoms with van der Waals surface area (Å²) in [6.07, 6.45) is 2.77. The first-order chi connectivity index (χ1) is 10.5. The maximum absolute atomic E-state index is 11.9. The molecule has 22 heavy (non-hydrogen) atoms. The number of hydrogen-bond donors (Lipinski definition) is 3. The van der Waals surface area contributed by atoms with Gasteiger partial charge in [0.25, 0.3) is 0 Å². The van der Waals surface area contributed by atoms with Crippen molar-refractivity contribution >= 4 is 22.6 Å². The zero-order valence-electron chi connectivity index (χ0n) is 13.5. The minimum Gasteiger partial charge on any atom is -0.394 e. The molecule has 0 saturated carbocycles. The van der Waals surface area contributed by atoms with Crippen molar-refractivity contribution in [2.24, 2.45) is 5.92 Å². The zero-order valence-corrected chi connectivity index (χ0v) is 13.5. The van der Waals surface area contributed by atoms with Crippen molar-refractivity contribution in [2.75, 3.05) is 11.9 Å². The highest BCUT2D eigenvalue weighted by molar-refractivity contribution is 5.93. The molecule has 0 fully saturated rings. The molecule has 2 rings (SSSR count). The summed E-state index contributed by atoms with van der Waals surface area (Å²) in [6, 6.07) is 7.45. The Labute approximate surface area is 131 Å². The summed E-state index contributed by atoms with van der Waals surface area (Å²) in [5.74, 6) is 0.587. The standard InChI is InChI=1S/C17H25N3O2/c1-4-14(11-21)18-17(22)19-15-5-6-16-13(9-15)7-8-20(16)10-12(2)3/h5-9,12,14,21H,4,10-11H2,1-3H3,(H2,18,19,22). The molecule has 0 spiro atoms. The number of amides is 2. The normalized spacial score (nSPS) is 12.6. The fourth-order valence-corrected chi connectivity index (χ4v) is 2.46. The van der Waals surface area contributed by atoms with E-state index in [0.29, 0.717) is 12.3 Å². The lowest BCUT2D eigenvalue weighted by Crippen LogP contribution is -2.39. The summed E-state index contributed by atoms with van der Waals surface area (Å²) in [6.45, 7) is 7.23. The maximum atomic E-state index is 11.9. The number of hydrogen-bond acceptors (Lipinski definition) is 2. The van der Waals surface area contributed by atoms with Crippen molar-refractivity contribution in [3.8, 4) is 0 Å². The lowest BCUT2D eigenvalue weighted by molar-refractivity contribution is 0.222. The van der Waals surface area contributed by atoms with Gasteiger partial charge in [-0.15, -0.1) is 0 Å². The summed E-state index contributed by atoms with van der Waals surface area (Å²) in [5, 5.41) is 15.8. The molecule has 0 bridgehead atoms. The van der Waals surface area contributed by atoms with E-state index in [-0.39, 0.29) is 18.7 Å². The van der Waals surface area contributed by atoms with Gasteiger partial charge in [-0.2, -0.15) is 0 Å². The fourth-order valence-electron chi connectivity index (χ4n) is 2.46. The number of aliphatic hydroxyl groups is 1. The molecule has 0 aliphatic rings. The van der Waals surface area contributed by atoms with Crippen molar-refractivity contribution in [2.45, 2.75) is 39.8 Å². The van der Waals surface area contributed by atoms with E-state index < -0.39 is 0 Å². The van der Waals surface area contributed by atoms with Crippen molar-refractivity contribution in [3.63, 3.8) is 0 Å². The molecule has 1 aromatic heterocycles. The third-order valence-corrected chi connectivity index (χ3v) is 3.64. The molecule has 1 heterocycles. The third-order valence-electron chi connectivity index (χ3n) is 3.64. The van der Waals surface area contributed by atoms with Crippen LogP contribution in [-0.4, -0.2) is 28.4 Å². The lowest BCUT2D eigenvalue weighted by Gasteiger charge is -2.15. The highest BCUT2D eigenvalue weighted by Gasteiger charge is 2.10. The monoisotopic (exact) mass is 303 g/mol. The van der Waals surface area contributed by atoms with Crippen LogP contribution in [0.25, 0.3) is 10.9 Å². The van der Waals surface area contributed by atoms with Crippen molar-refractivity contribution in [1.82, 2.24) is 9.88 Å². The third kappa shape index (κ3) is 4.01. The first kappa shape index (κ1) is 16.4. The minimum atomic E-state index is -0.290. The van der Waals surface area contributed by atoms with Gasteiger partial charge >= 0.3 is 6.03 Å². The molecule has 3 N–H and O–H groups in total. The van der Waals surface area contributed by atoms with Crippen LogP contribution >= 0.6 is 0 Å². The van der Waals surface area contributed by atoms with Crippen LogP contribution < -0.4 is 10.6 Å². The second-order valence-electron chi connectivity index (χ2n) is 6.02. The number of nitrogens with one attached hydrogen (secondary N) is 2. The molecular formula is C17H25N3O2. The summed E-state index contributed by atoms with van der Waals surface area (Å²) >= 11 is 0. The molecule has 5 nitrogen and oxygen atoms in total. The molecule has 1 atom stereocenters. The Hall–Kier alpha value is -2.01. The predicted molar refractivity (Wildman–Crippen MR) is 90.1 cm³/mol. The number of carbonyl (C=O) groups excluding carboxylic acids is 1. The van der Waals surface area contributed by atoms with Crippen LogP contribution in [-0.2, 0) is 6.54 Å². The molecule has 1 aromatic carbocycles. The smallest absolute Gasteiger partial charge is 0.319 e. The number of fused-ring (bicyclic) bond motifs is 1. The minimum absolute atomic E-state index is 0.0546. The Morgan fingerprint density at radius 1 is 1.32 bits per heavy atom. The van der Waals surface area contributed by atoms with Crippen LogP contribution in [0.4, 0.5) is 10.5 Å². The lowest BCUT2D eigenvalue weighted by atomic mass is 10.2. The van der Waals surface area contributed by atoms with Crippen LogP contribution in [0.3, 0.4) is 0 Å². The van der Waals surface area contributed by atoms with Crippen molar-refractivity contribution in [1.29, 1.82) is 0 Å². The summed E-state index contributed by atoms with van der Waals surface area (Å²) in [7, 11) is 0. The van der Waals surface area contributed by atoms with Crippen molar-refractivity contribution < 1.29 is 9.90 Å². The summed E-state index contributed by atoms with van der Waals surface area (Å²) in [4.78, 5) is 11.9. The number of carbonyl (C=O) groups is 1. The van der Waals surface area contributed by atoms with E-state index in [0.717, 1.165) is 17.6 Å². The fraction of sp³-hybridized carbons (Fsp3) is 0.471. The highest BCUT2D eigenvalue weighted by Crippen LogP contribution is 2.21. The predicted octanol–water partition coefficient (Wildman–Crippen LogP) is 3.19. The van der Waals surface area contributed by atoms with E-state index in [2.05, 4.69) is 41.3 Å². The molecule has 0 aliphatic heterocycles. The quantitative estimate of drug-likeness (QED) is 0.767. The van der Waals surface area contributed by atoms with Crippen LogP contribution in [0.2, 0.25) is 0 Å². The number of aromatic nitrogens is 1. The van der Waals surface area contributed by atoms with Gasteiger partial charge in [-0.1, -0.05) is 20.8 Å². The number of anilines is 1. The molecule has 5 heteroatoms. The molecule has 0 saturated heterocycles. The molecule has 120 valence electrons. The van der Waals surface area contributed by atoms with Gasteiger partial charge in [0.15, 0.2) is 0 Å². The second-order valence-corrected chi connectivity index (χ2v) is 6.02. The van der Waals surface area contributed by atoms with Crippen LogP contribution in [0.1, 0.15) is 27.2 Å². The number of nitrogens with zero attached hydrogens (tertiary/aromatic N) is 1. The summed E-state index contributed by atoms with van der Waals surface area (Å²) in [5.41, 5.74) is 1.92. The van der Waals surface area contributed by atoms with E-state index >= 15 is 0 Å². The van der Waals surface area contributed by atoms with E-state index in [9.17, 15) is 4.79 Å². The molecular weight excluding hydrogens is 278 g/mol. The Kier molecular flexibility index (Phi) is 5.44. The average molecular weight is 303 g/mol. The number of rotatable bonds is 6. The molecule has 2 aromatic rings. The van der Waals surface area contributed by atoms with Gasteiger partial charge in [0, 0.05) is 29.3 Å².